The molecule has 0 atom stereocenters. The van der Waals surface area contributed by atoms with Crippen LogP contribution in [0.25, 0.3) is 0 Å². The molecule has 0 saturated heterocycles. The summed E-state index contributed by atoms with van der Waals surface area (Å²) in [5.74, 6) is -0.0913. The van der Waals surface area contributed by atoms with Gasteiger partial charge in [0, 0.05) is 23.2 Å². The van der Waals surface area contributed by atoms with E-state index in [0.717, 1.165) is 15.4 Å². The van der Waals surface area contributed by atoms with Gasteiger partial charge in [-0.25, -0.2) is 4.98 Å². The van der Waals surface area contributed by atoms with Crippen LogP contribution in [0.15, 0.2) is 30.5 Å². The molecule has 2 aromatic rings. The van der Waals surface area contributed by atoms with Gasteiger partial charge in [0.25, 0.3) is 5.91 Å². The van der Waals surface area contributed by atoms with Crippen molar-refractivity contribution in [1.29, 1.82) is 0 Å². The molecule has 1 heterocycles. The molecule has 0 fully saturated rings. The first-order valence-corrected chi connectivity index (χ1v) is 6.49. The third-order valence-corrected chi connectivity index (χ3v) is 3.43. The fourth-order valence-electron chi connectivity index (χ4n) is 1.53. The number of amides is 1. The van der Waals surface area contributed by atoms with Gasteiger partial charge >= 0.3 is 0 Å². The van der Waals surface area contributed by atoms with Crippen molar-refractivity contribution in [3.8, 4) is 0 Å². The molecule has 0 saturated carbocycles. The van der Waals surface area contributed by atoms with Gasteiger partial charge in [-0.15, -0.1) is 11.3 Å². The van der Waals surface area contributed by atoms with E-state index in [4.69, 9.17) is 5.73 Å². The third kappa shape index (κ3) is 3.15. The van der Waals surface area contributed by atoms with Gasteiger partial charge in [0.2, 0.25) is 0 Å². The Morgan fingerprint density at radius 1 is 1.39 bits per heavy atom. The molecule has 94 valence electrons. The predicted molar refractivity (Wildman–Crippen MR) is 72.4 cm³/mol. The smallest absolute Gasteiger partial charge is 0.251 e. The van der Waals surface area contributed by atoms with Crippen molar-refractivity contribution in [1.82, 2.24) is 10.3 Å². The van der Waals surface area contributed by atoms with Crippen molar-refractivity contribution < 1.29 is 4.79 Å². The van der Waals surface area contributed by atoms with Gasteiger partial charge < -0.3 is 11.1 Å². The van der Waals surface area contributed by atoms with Crippen LogP contribution in [0.1, 0.15) is 25.8 Å². The van der Waals surface area contributed by atoms with Gasteiger partial charge in [0.1, 0.15) is 5.01 Å². The van der Waals surface area contributed by atoms with E-state index in [1.54, 1.807) is 23.5 Å². The molecule has 3 N–H and O–H groups in total. The zero-order chi connectivity index (χ0) is 13.0. The van der Waals surface area contributed by atoms with E-state index in [1.807, 2.05) is 25.3 Å². The standard InChI is InChI=1S/C13H15N3OS/c1-9-7-15-12(18-9)8-16-13(17)11-4-2-10(6-14)3-5-11/h2-5,7H,6,8,14H2,1H3,(H,16,17). The minimum absolute atomic E-state index is 0.0913. The van der Waals surface area contributed by atoms with Gasteiger partial charge in [0.05, 0.1) is 6.54 Å². The summed E-state index contributed by atoms with van der Waals surface area (Å²) in [6.45, 7) is 2.95. The maximum atomic E-state index is 11.9. The molecule has 0 spiro atoms. The van der Waals surface area contributed by atoms with Gasteiger partial charge in [-0.1, -0.05) is 12.1 Å². The van der Waals surface area contributed by atoms with Gasteiger partial charge in [-0.2, -0.15) is 0 Å². The van der Waals surface area contributed by atoms with Crippen molar-refractivity contribution in [3.05, 3.63) is 51.5 Å². The number of nitrogens with zero attached hydrogens (tertiary/aromatic N) is 1. The van der Waals surface area contributed by atoms with E-state index in [2.05, 4.69) is 10.3 Å². The number of aryl methyl sites for hydroxylation is 1. The average Bonchev–Trinajstić information content (AvgIpc) is 2.82. The Balaban J connectivity index is 1.94. The lowest BCUT2D eigenvalue weighted by Gasteiger charge is -2.04. The number of thiazole rings is 1. The van der Waals surface area contributed by atoms with E-state index in [-0.39, 0.29) is 5.91 Å². The molecule has 5 heteroatoms. The maximum Gasteiger partial charge on any atom is 0.251 e. The normalized spacial score (nSPS) is 10.3. The fourth-order valence-corrected chi connectivity index (χ4v) is 2.26. The molecule has 1 amide bonds. The number of nitrogens with one attached hydrogen (secondary N) is 1. The molecule has 2 rings (SSSR count). The third-order valence-electron chi connectivity index (χ3n) is 2.52. The molecule has 1 aromatic carbocycles. The van der Waals surface area contributed by atoms with E-state index in [1.165, 1.54) is 0 Å². The van der Waals surface area contributed by atoms with Gasteiger partial charge in [0.15, 0.2) is 0 Å². The Labute approximate surface area is 110 Å². The summed E-state index contributed by atoms with van der Waals surface area (Å²) in [6.07, 6.45) is 1.81. The summed E-state index contributed by atoms with van der Waals surface area (Å²) in [6, 6.07) is 7.29. The number of nitrogens with two attached hydrogens (primary N) is 1. The number of rotatable bonds is 4. The summed E-state index contributed by atoms with van der Waals surface area (Å²) in [5, 5.41) is 3.76. The van der Waals surface area contributed by atoms with Crippen molar-refractivity contribution in [2.45, 2.75) is 20.0 Å². The second kappa shape index (κ2) is 5.75. The zero-order valence-corrected chi connectivity index (χ0v) is 11.0. The number of carbonyl (C=O) groups excluding carboxylic acids is 1. The minimum Gasteiger partial charge on any atom is -0.346 e. The minimum atomic E-state index is -0.0913. The van der Waals surface area contributed by atoms with Crippen LogP contribution in [0.3, 0.4) is 0 Å². The number of aromatic nitrogens is 1. The number of hydrogen-bond donors (Lipinski definition) is 2. The molecule has 0 unspecified atom stereocenters. The van der Waals surface area contributed by atoms with E-state index in [9.17, 15) is 4.79 Å². The van der Waals surface area contributed by atoms with Crippen LogP contribution in [-0.2, 0) is 13.1 Å². The fraction of sp³-hybridized carbons (Fsp3) is 0.231. The first-order valence-electron chi connectivity index (χ1n) is 5.67. The molecule has 1 aromatic heterocycles. The molecule has 0 aliphatic heterocycles. The van der Waals surface area contributed by atoms with Gasteiger partial charge in [-0.3, -0.25) is 4.79 Å². The number of carbonyl (C=O) groups is 1. The van der Waals surface area contributed by atoms with Crippen LogP contribution in [0, 0.1) is 6.92 Å². The van der Waals surface area contributed by atoms with Crippen molar-refractivity contribution in [2.75, 3.05) is 0 Å². The second-order valence-electron chi connectivity index (χ2n) is 3.95. The predicted octanol–water partition coefficient (Wildman–Crippen LogP) is 1.84. The summed E-state index contributed by atoms with van der Waals surface area (Å²) in [7, 11) is 0. The highest BCUT2D eigenvalue weighted by Gasteiger charge is 2.06. The first kappa shape index (κ1) is 12.7. The second-order valence-corrected chi connectivity index (χ2v) is 5.27. The lowest BCUT2D eigenvalue weighted by Crippen LogP contribution is -2.22. The van der Waals surface area contributed by atoms with Crippen LogP contribution in [0.4, 0.5) is 0 Å². The first-order chi connectivity index (χ1) is 8.69. The molecular weight excluding hydrogens is 246 g/mol. The molecule has 4 nitrogen and oxygen atoms in total. The highest BCUT2D eigenvalue weighted by molar-refractivity contribution is 7.11. The molecule has 0 bridgehead atoms. The van der Waals surface area contributed by atoms with Crippen LogP contribution >= 0.6 is 11.3 Å². The van der Waals surface area contributed by atoms with E-state index >= 15 is 0 Å². The van der Waals surface area contributed by atoms with Crippen molar-refractivity contribution in [3.63, 3.8) is 0 Å². The summed E-state index contributed by atoms with van der Waals surface area (Å²) in [4.78, 5) is 17.2. The van der Waals surface area contributed by atoms with E-state index in [0.29, 0.717) is 18.7 Å². The Morgan fingerprint density at radius 3 is 2.67 bits per heavy atom. The zero-order valence-electron chi connectivity index (χ0n) is 10.1. The summed E-state index contributed by atoms with van der Waals surface area (Å²) in [5.41, 5.74) is 7.16. The highest BCUT2D eigenvalue weighted by Crippen LogP contribution is 2.11. The topological polar surface area (TPSA) is 68.0 Å². The summed E-state index contributed by atoms with van der Waals surface area (Å²) >= 11 is 1.59. The van der Waals surface area contributed by atoms with Gasteiger partial charge in [-0.05, 0) is 24.6 Å². The molecule has 0 aliphatic carbocycles. The quantitative estimate of drug-likeness (QED) is 0.882. The lowest BCUT2D eigenvalue weighted by atomic mass is 10.1. The molecule has 0 radical (unpaired) electrons. The Kier molecular flexibility index (Phi) is 4.07. The van der Waals surface area contributed by atoms with Crippen LogP contribution in [-0.4, -0.2) is 10.9 Å². The average molecular weight is 261 g/mol. The number of benzene rings is 1. The molecule has 18 heavy (non-hydrogen) atoms. The van der Waals surface area contributed by atoms with Crippen LogP contribution in [0.2, 0.25) is 0 Å². The molecule has 0 aliphatic rings. The molecular formula is C13H15N3OS. The van der Waals surface area contributed by atoms with E-state index < -0.39 is 0 Å². The monoisotopic (exact) mass is 261 g/mol. The lowest BCUT2D eigenvalue weighted by molar-refractivity contribution is 0.0951. The Bertz CT molecular complexity index is 533. The van der Waals surface area contributed by atoms with Crippen LogP contribution < -0.4 is 11.1 Å². The Hall–Kier alpha value is -1.72. The number of hydrogen-bond acceptors (Lipinski definition) is 4. The highest BCUT2D eigenvalue weighted by atomic mass is 32.1. The SMILES string of the molecule is Cc1cnc(CNC(=O)c2ccc(CN)cc2)s1. The maximum absolute atomic E-state index is 11.9. The Morgan fingerprint density at radius 2 is 2.11 bits per heavy atom. The summed E-state index contributed by atoms with van der Waals surface area (Å²) < 4.78 is 0. The van der Waals surface area contributed by atoms with Crippen LogP contribution in [0.5, 0.6) is 0 Å². The largest absolute Gasteiger partial charge is 0.346 e. The van der Waals surface area contributed by atoms with Crippen molar-refractivity contribution in [2.24, 2.45) is 5.73 Å². The van der Waals surface area contributed by atoms with Crippen molar-refractivity contribution >= 4 is 17.2 Å².